The van der Waals surface area contributed by atoms with Gasteiger partial charge in [-0.1, -0.05) is 11.3 Å². The number of carbonyl (C=O) groups is 2. The molecular weight excluding hydrogens is 743 g/mol. The average Bonchev–Trinajstić information content (AvgIpc) is 3.82. The highest BCUT2D eigenvalue weighted by Crippen LogP contribution is 2.43. The number of benzene rings is 1. The van der Waals surface area contributed by atoms with Gasteiger partial charge in [0.15, 0.2) is 10.9 Å². The number of carbonyl (C=O) groups excluding carboxylic acids is 2. The number of hydrogen-bond donors (Lipinski definition) is 1. The van der Waals surface area contributed by atoms with Crippen LogP contribution >= 0.6 is 11.3 Å². The van der Waals surface area contributed by atoms with Gasteiger partial charge in [-0.05, 0) is 105 Å². The first-order chi connectivity index (χ1) is 26.4. The summed E-state index contributed by atoms with van der Waals surface area (Å²) in [5, 5.41) is 3.43. The molecule has 4 aliphatic rings. The smallest absolute Gasteiger partial charge is 0.413 e. The standard InChI is InChI=1S/C40H50F2N8O5S/c1-21-14-27-31(45-35(56-27)47-36(51)54-38(3,4)5)28(22(21)2)32-29(42)30-26(16-43-32)33(46-34(44-30)53-20-40-12-9-13-49(40)17-23(41)15-40)48-18-24-10-11-25(19-48)50(24)37(52)55-39(6,7)8/h14,16,23-25H,9-13,15,17-20H2,1-8H3,(H,45,47,51)/t23-,24?,25?,40+/m1/s1. The number of aryl methyl sites for hydroxylation is 1. The molecule has 16 heteroatoms. The van der Waals surface area contributed by atoms with Crippen molar-refractivity contribution in [2.45, 2.75) is 122 Å². The van der Waals surface area contributed by atoms with Crippen molar-refractivity contribution in [3.63, 3.8) is 0 Å². The monoisotopic (exact) mass is 792 g/mol. The Morgan fingerprint density at radius 3 is 2.41 bits per heavy atom. The summed E-state index contributed by atoms with van der Waals surface area (Å²) in [6.45, 7) is 17.0. The van der Waals surface area contributed by atoms with Crippen molar-refractivity contribution in [3.8, 4) is 17.3 Å². The Kier molecular flexibility index (Phi) is 9.53. The molecule has 8 rings (SSSR count). The Balaban J connectivity index is 1.20. The second-order valence-corrected chi connectivity index (χ2v) is 18.8. The van der Waals surface area contributed by atoms with Crippen molar-refractivity contribution in [2.75, 3.05) is 43.0 Å². The van der Waals surface area contributed by atoms with Crippen molar-refractivity contribution < 1.29 is 32.6 Å². The maximum Gasteiger partial charge on any atom is 0.413 e. The number of fused-ring (bicyclic) bond motifs is 5. The molecule has 0 saturated carbocycles. The highest BCUT2D eigenvalue weighted by atomic mass is 32.1. The average molecular weight is 793 g/mol. The third-order valence-corrected chi connectivity index (χ3v) is 12.2. The quantitative estimate of drug-likeness (QED) is 0.204. The number of hydrogen-bond acceptors (Lipinski definition) is 12. The van der Waals surface area contributed by atoms with E-state index in [-0.39, 0.29) is 42.0 Å². The number of rotatable bonds is 6. The van der Waals surface area contributed by atoms with E-state index in [4.69, 9.17) is 34.1 Å². The number of halogens is 2. The van der Waals surface area contributed by atoms with Gasteiger partial charge >= 0.3 is 18.2 Å². The second kappa shape index (κ2) is 13.9. The van der Waals surface area contributed by atoms with Crippen LogP contribution in [-0.4, -0.2) is 110 Å². The van der Waals surface area contributed by atoms with Crippen LogP contribution in [0.4, 0.5) is 29.3 Å². The predicted octanol–water partition coefficient (Wildman–Crippen LogP) is 7.95. The fraction of sp³-hybridized carbons (Fsp3) is 0.600. The molecule has 56 heavy (non-hydrogen) atoms. The number of anilines is 2. The van der Waals surface area contributed by atoms with Crippen LogP contribution in [0.15, 0.2) is 12.3 Å². The van der Waals surface area contributed by atoms with Crippen LogP contribution in [0.1, 0.15) is 84.8 Å². The van der Waals surface area contributed by atoms with Crippen molar-refractivity contribution >= 4 is 55.6 Å². The highest BCUT2D eigenvalue weighted by molar-refractivity contribution is 7.22. The molecular formula is C40H50F2N8O5S. The van der Waals surface area contributed by atoms with E-state index in [2.05, 4.69) is 15.1 Å². The van der Waals surface area contributed by atoms with Crippen LogP contribution in [0.25, 0.3) is 32.4 Å². The van der Waals surface area contributed by atoms with Gasteiger partial charge in [0.25, 0.3) is 0 Å². The molecule has 1 N–H and O–H groups in total. The first kappa shape index (κ1) is 38.4. The van der Waals surface area contributed by atoms with Crippen LogP contribution in [-0.2, 0) is 9.47 Å². The normalized spacial score (nSPS) is 23.9. The Labute approximate surface area is 329 Å². The summed E-state index contributed by atoms with van der Waals surface area (Å²) in [6.07, 6.45) is 3.39. The van der Waals surface area contributed by atoms with Crippen molar-refractivity contribution in [3.05, 3.63) is 29.2 Å². The molecule has 0 radical (unpaired) electrons. The van der Waals surface area contributed by atoms with E-state index in [9.17, 15) is 14.0 Å². The minimum Gasteiger partial charge on any atom is -0.461 e. The highest BCUT2D eigenvalue weighted by Gasteiger charge is 2.50. The molecule has 4 atom stereocenters. The number of pyridine rings is 1. The van der Waals surface area contributed by atoms with Gasteiger partial charge in [-0.15, -0.1) is 0 Å². The molecule has 4 aromatic rings. The fourth-order valence-electron chi connectivity index (χ4n) is 8.86. The van der Waals surface area contributed by atoms with Gasteiger partial charge < -0.3 is 19.1 Å². The van der Waals surface area contributed by atoms with Crippen LogP contribution in [0.3, 0.4) is 0 Å². The van der Waals surface area contributed by atoms with Crippen molar-refractivity contribution in [1.29, 1.82) is 0 Å². The molecule has 0 spiro atoms. The molecule has 2 unspecified atom stereocenters. The van der Waals surface area contributed by atoms with Crippen molar-refractivity contribution in [1.82, 2.24) is 29.7 Å². The number of nitrogens with one attached hydrogen (secondary N) is 1. The lowest BCUT2D eigenvalue weighted by Crippen LogP contribution is -2.57. The van der Waals surface area contributed by atoms with Gasteiger partial charge in [-0.2, -0.15) is 9.97 Å². The van der Waals surface area contributed by atoms with Crippen LogP contribution in [0.5, 0.6) is 6.01 Å². The van der Waals surface area contributed by atoms with E-state index in [0.717, 1.165) is 48.1 Å². The van der Waals surface area contributed by atoms with E-state index >= 15 is 4.39 Å². The number of piperazine rings is 1. The first-order valence-electron chi connectivity index (χ1n) is 19.4. The summed E-state index contributed by atoms with van der Waals surface area (Å²) in [4.78, 5) is 51.0. The molecule has 13 nitrogen and oxygen atoms in total. The van der Waals surface area contributed by atoms with E-state index < -0.39 is 34.8 Å². The summed E-state index contributed by atoms with van der Waals surface area (Å²) in [5.41, 5.74) is 0.944. The number of thiazole rings is 1. The third kappa shape index (κ3) is 7.18. The molecule has 2 bridgehead atoms. The van der Waals surface area contributed by atoms with Gasteiger partial charge in [-0.3, -0.25) is 20.1 Å². The van der Waals surface area contributed by atoms with E-state index in [1.807, 2.05) is 45.6 Å². The molecule has 4 fully saturated rings. The van der Waals surface area contributed by atoms with E-state index in [1.54, 1.807) is 27.0 Å². The molecule has 0 aliphatic carbocycles. The predicted molar refractivity (Wildman–Crippen MR) is 211 cm³/mol. The lowest BCUT2D eigenvalue weighted by Gasteiger charge is -2.42. The maximum atomic E-state index is 17.4. The number of amides is 2. The van der Waals surface area contributed by atoms with Crippen LogP contribution in [0, 0.1) is 19.7 Å². The third-order valence-electron chi connectivity index (χ3n) is 11.3. The Morgan fingerprint density at radius 2 is 1.71 bits per heavy atom. The minimum absolute atomic E-state index is 0.00221. The fourth-order valence-corrected chi connectivity index (χ4v) is 9.82. The Hall–Kier alpha value is -4.44. The molecule has 4 aliphatic heterocycles. The topological polar surface area (TPSA) is 135 Å². The van der Waals surface area contributed by atoms with Gasteiger partial charge in [0.2, 0.25) is 0 Å². The summed E-state index contributed by atoms with van der Waals surface area (Å²) in [7, 11) is 0. The number of alkyl halides is 1. The number of ether oxygens (including phenoxy) is 3. The SMILES string of the molecule is Cc1cc2sc(NC(=O)OC(C)(C)C)nc2c(-c2ncc3c(N4CC5CCC(C4)N5C(=O)OC(C)(C)C)nc(OC[C@@]45CCCN4C[C@H](F)C5)nc3c2F)c1C. The Morgan fingerprint density at radius 1 is 1.00 bits per heavy atom. The zero-order valence-electron chi connectivity index (χ0n) is 33.3. The zero-order valence-corrected chi connectivity index (χ0v) is 34.1. The van der Waals surface area contributed by atoms with Gasteiger partial charge in [0, 0.05) is 37.8 Å². The summed E-state index contributed by atoms with van der Waals surface area (Å²) in [6, 6.07) is 1.70. The van der Waals surface area contributed by atoms with E-state index in [0.29, 0.717) is 53.5 Å². The molecule has 1 aromatic carbocycles. The van der Waals surface area contributed by atoms with Crippen LogP contribution in [0.2, 0.25) is 0 Å². The maximum absolute atomic E-state index is 17.4. The molecule has 4 saturated heterocycles. The number of nitrogens with zero attached hydrogens (tertiary/aromatic N) is 7. The summed E-state index contributed by atoms with van der Waals surface area (Å²) in [5.74, 6) is -0.204. The second-order valence-electron chi connectivity index (χ2n) is 17.7. The van der Waals surface area contributed by atoms with E-state index in [1.165, 1.54) is 11.3 Å². The molecule has 3 aromatic heterocycles. The van der Waals surface area contributed by atoms with Crippen LogP contribution < -0.4 is 15.0 Å². The lowest BCUT2D eigenvalue weighted by molar-refractivity contribution is 0.0122. The van der Waals surface area contributed by atoms with Gasteiger partial charge in [0.1, 0.15) is 41.0 Å². The summed E-state index contributed by atoms with van der Waals surface area (Å²) >= 11 is 1.26. The largest absolute Gasteiger partial charge is 0.461 e. The van der Waals surface area contributed by atoms with Crippen molar-refractivity contribution in [2.24, 2.45) is 0 Å². The minimum atomic E-state index is -0.935. The molecule has 300 valence electrons. The lowest BCUT2D eigenvalue weighted by atomic mass is 9.95. The molecule has 2 amide bonds. The number of aromatic nitrogens is 4. The molecule has 7 heterocycles. The summed E-state index contributed by atoms with van der Waals surface area (Å²) < 4.78 is 50.4. The Bertz CT molecular complexity index is 2210. The van der Waals surface area contributed by atoms with Gasteiger partial charge in [0.05, 0.1) is 33.2 Å². The van der Waals surface area contributed by atoms with Gasteiger partial charge in [-0.25, -0.2) is 23.4 Å². The first-order valence-corrected chi connectivity index (χ1v) is 20.3. The zero-order chi connectivity index (χ0) is 39.9.